The average molecular weight is 202 g/mol. The van der Waals surface area contributed by atoms with Crippen molar-refractivity contribution in [1.29, 1.82) is 5.26 Å². The Labute approximate surface area is 87.7 Å². The third-order valence-corrected chi connectivity index (χ3v) is 2.22. The summed E-state index contributed by atoms with van der Waals surface area (Å²) in [5.41, 5.74) is 1.11. The number of nitrogens with zero attached hydrogens (tertiary/aromatic N) is 2. The van der Waals surface area contributed by atoms with Crippen LogP contribution in [0.3, 0.4) is 0 Å². The molecule has 0 spiro atoms. The standard InChI is InChI=1S/C11H10N2O2/c1-8-2-4-10(5-3-8)15-11(14)13-7-9(13)6-12/h2-5,9H,7H2,1H3. The maximum absolute atomic E-state index is 11.4. The molecule has 1 amide bonds. The van der Waals surface area contributed by atoms with E-state index in [1.165, 1.54) is 4.90 Å². The number of aryl methyl sites for hydroxylation is 1. The predicted octanol–water partition coefficient (Wildman–Crippen LogP) is 1.70. The van der Waals surface area contributed by atoms with Crippen LogP contribution in [0.15, 0.2) is 24.3 Å². The van der Waals surface area contributed by atoms with E-state index in [4.69, 9.17) is 10.00 Å². The summed E-state index contributed by atoms with van der Waals surface area (Å²) in [4.78, 5) is 12.8. The van der Waals surface area contributed by atoms with Crippen LogP contribution in [0.1, 0.15) is 5.56 Å². The zero-order valence-corrected chi connectivity index (χ0v) is 8.30. The number of hydrogen-bond acceptors (Lipinski definition) is 3. The summed E-state index contributed by atoms with van der Waals surface area (Å²) in [6.45, 7) is 2.43. The van der Waals surface area contributed by atoms with Gasteiger partial charge in [-0.2, -0.15) is 5.26 Å². The maximum atomic E-state index is 11.4. The van der Waals surface area contributed by atoms with Crippen molar-refractivity contribution in [3.63, 3.8) is 0 Å². The first-order chi connectivity index (χ1) is 7.20. The number of nitriles is 1. The lowest BCUT2D eigenvalue weighted by Gasteiger charge is -2.04. The van der Waals surface area contributed by atoms with Gasteiger partial charge in [0.1, 0.15) is 11.8 Å². The van der Waals surface area contributed by atoms with Crippen molar-refractivity contribution in [3.05, 3.63) is 29.8 Å². The van der Waals surface area contributed by atoms with Crippen molar-refractivity contribution in [2.45, 2.75) is 13.0 Å². The Balaban J connectivity index is 1.96. The summed E-state index contributed by atoms with van der Waals surface area (Å²) in [5.74, 6) is 0.509. The molecule has 0 aromatic heterocycles. The molecule has 1 fully saturated rings. The minimum Gasteiger partial charge on any atom is -0.410 e. The van der Waals surface area contributed by atoms with Gasteiger partial charge in [0.2, 0.25) is 0 Å². The number of rotatable bonds is 1. The highest BCUT2D eigenvalue weighted by Gasteiger charge is 2.40. The van der Waals surface area contributed by atoms with Gasteiger partial charge in [-0.3, -0.25) is 4.90 Å². The molecule has 15 heavy (non-hydrogen) atoms. The minimum atomic E-state index is -0.453. The average Bonchev–Trinajstić information content (AvgIpc) is 3.00. The molecule has 0 radical (unpaired) electrons. The van der Waals surface area contributed by atoms with E-state index in [1.807, 2.05) is 25.1 Å². The first-order valence-electron chi connectivity index (χ1n) is 4.65. The second-order valence-corrected chi connectivity index (χ2v) is 3.48. The molecular formula is C11H10N2O2. The van der Waals surface area contributed by atoms with Crippen LogP contribution < -0.4 is 4.74 Å². The van der Waals surface area contributed by atoms with Crippen molar-refractivity contribution >= 4 is 6.09 Å². The molecule has 1 atom stereocenters. The lowest BCUT2D eigenvalue weighted by molar-refractivity contribution is 0.184. The minimum absolute atomic E-state index is 0.303. The summed E-state index contributed by atoms with van der Waals surface area (Å²) in [6.07, 6.45) is -0.453. The molecule has 4 nitrogen and oxygen atoms in total. The van der Waals surface area contributed by atoms with E-state index in [1.54, 1.807) is 12.1 Å². The number of carbonyl (C=O) groups excluding carboxylic acids is 1. The van der Waals surface area contributed by atoms with Crippen LogP contribution in [0.5, 0.6) is 5.75 Å². The van der Waals surface area contributed by atoms with Crippen LogP contribution in [-0.4, -0.2) is 23.6 Å². The fraction of sp³-hybridized carbons (Fsp3) is 0.273. The first-order valence-corrected chi connectivity index (χ1v) is 4.65. The highest BCUT2D eigenvalue weighted by Crippen LogP contribution is 2.20. The summed E-state index contributed by atoms with van der Waals surface area (Å²) in [5, 5.41) is 8.53. The molecule has 0 bridgehead atoms. The van der Waals surface area contributed by atoms with Gasteiger partial charge in [0, 0.05) is 0 Å². The van der Waals surface area contributed by atoms with E-state index in [-0.39, 0.29) is 6.04 Å². The van der Waals surface area contributed by atoms with Crippen molar-refractivity contribution < 1.29 is 9.53 Å². The quantitative estimate of drug-likeness (QED) is 0.651. The molecule has 1 aliphatic heterocycles. The molecule has 0 saturated carbocycles. The van der Waals surface area contributed by atoms with Gasteiger partial charge in [-0.05, 0) is 19.1 Å². The van der Waals surface area contributed by atoms with Gasteiger partial charge in [0.15, 0.2) is 0 Å². The Morgan fingerprint density at radius 1 is 1.53 bits per heavy atom. The van der Waals surface area contributed by atoms with E-state index < -0.39 is 6.09 Å². The van der Waals surface area contributed by atoms with E-state index in [2.05, 4.69) is 0 Å². The third-order valence-electron chi connectivity index (χ3n) is 2.22. The van der Waals surface area contributed by atoms with E-state index >= 15 is 0 Å². The molecular weight excluding hydrogens is 192 g/mol. The van der Waals surface area contributed by atoms with Crippen LogP contribution >= 0.6 is 0 Å². The van der Waals surface area contributed by atoms with Crippen molar-refractivity contribution in [2.24, 2.45) is 0 Å². The number of amides is 1. The number of benzene rings is 1. The van der Waals surface area contributed by atoms with E-state index in [0.29, 0.717) is 12.3 Å². The molecule has 2 rings (SSSR count). The maximum Gasteiger partial charge on any atom is 0.416 e. The molecule has 0 N–H and O–H groups in total. The smallest absolute Gasteiger partial charge is 0.410 e. The Hall–Kier alpha value is -2.02. The van der Waals surface area contributed by atoms with E-state index in [9.17, 15) is 4.79 Å². The fourth-order valence-electron chi connectivity index (χ4n) is 1.22. The highest BCUT2D eigenvalue weighted by atomic mass is 16.6. The Bertz CT molecular complexity index is 419. The number of carbonyl (C=O) groups is 1. The van der Waals surface area contributed by atoms with Gasteiger partial charge >= 0.3 is 6.09 Å². The molecule has 4 heteroatoms. The van der Waals surface area contributed by atoms with Gasteiger partial charge in [-0.15, -0.1) is 0 Å². The third kappa shape index (κ3) is 2.08. The monoisotopic (exact) mass is 202 g/mol. The molecule has 0 aliphatic carbocycles. The summed E-state index contributed by atoms with van der Waals surface area (Å²) in [7, 11) is 0. The first kappa shape index (κ1) is 9.53. The molecule has 1 aliphatic rings. The van der Waals surface area contributed by atoms with Crippen molar-refractivity contribution in [1.82, 2.24) is 4.90 Å². The molecule has 1 heterocycles. The van der Waals surface area contributed by atoms with Crippen molar-refractivity contribution in [2.75, 3.05) is 6.54 Å². The molecule has 1 aromatic rings. The van der Waals surface area contributed by atoms with Crippen LogP contribution in [0.4, 0.5) is 4.79 Å². The Morgan fingerprint density at radius 3 is 2.73 bits per heavy atom. The summed E-state index contributed by atoms with van der Waals surface area (Å²) in [6, 6.07) is 8.89. The zero-order valence-electron chi connectivity index (χ0n) is 8.30. The van der Waals surface area contributed by atoms with Gasteiger partial charge in [0.05, 0.1) is 12.6 Å². The second-order valence-electron chi connectivity index (χ2n) is 3.48. The summed E-state index contributed by atoms with van der Waals surface area (Å²) >= 11 is 0. The molecule has 1 saturated heterocycles. The summed E-state index contributed by atoms with van der Waals surface area (Å²) < 4.78 is 5.06. The van der Waals surface area contributed by atoms with Crippen LogP contribution in [0.25, 0.3) is 0 Å². The van der Waals surface area contributed by atoms with Crippen molar-refractivity contribution in [3.8, 4) is 11.8 Å². The second kappa shape index (κ2) is 3.62. The van der Waals surface area contributed by atoms with Crippen LogP contribution in [0.2, 0.25) is 0 Å². The van der Waals surface area contributed by atoms with E-state index in [0.717, 1.165) is 5.56 Å². The largest absolute Gasteiger partial charge is 0.416 e. The fourth-order valence-corrected chi connectivity index (χ4v) is 1.22. The Morgan fingerprint density at radius 2 is 2.20 bits per heavy atom. The zero-order chi connectivity index (χ0) is 10.8. The number of ether oxygens (including phenoxy) is 1. The normalized spacial score (nSPS) is 18.1. The van der Waals surface area contributed by atoms with Gasteiger partial charge in [-0.1, -0.05) is 17.7 Å². The van der Waals surface area contributed by atoms with Gasteiger partial charge in [-0.25, -0.2) is 4.79 Å². The number of hydrogen-bond donors (Lipinski definition) is 0. The lowest BCUT2D eigenvalue weighted by Crippen LogP contribution is -2.17. The van der Waals surface area contributed by atoms with Crippen LogP contribution in [-0.2, 0) is 0 Å². The highest BCUT2D eigenvalue weighted by molar-refractivity contribution is 5.74. The van der Waals surface area contributed by atoms with Gasteiger partial charge < -0.3 is 4.74 Å². The predicted molar refractivity (Wildman–Crippen MR) is 53.3 cm³/mol. The molecule has 76 valence electrons. The SMILES string of the molecule is Cc1ccc(OC(=O)N2CC2C#N)cc1. The van der Waals surface area contributed by atoms with Crippen LogP contribution in [0, 0.1) is 18.3 Å². The topological polar surface area (TPSA) is 53.1 Å². The molecule has 1 unspecified atom stereocenters. The molecule has 1 aromatic carbocycles. The lowest BCUT2D eigenvalue weighted by atomic mass is 10.2. The Kier molecular flexibility index (Phi) is 2.30. The van der Waals surface area contributed by atoms with Gasteiger partial charge in [0.25, 0.3) is 0 Å².